The van der Waals surface area contributed by atoms with Gasteiger partial charge in [0, 0.05) is 19.7 Å². The van der Waals surface area contributed by atoms with Crippen LogP contribution in [0.3, 0.4) is 0 Å². The van der Waals surface area contributed by atoms with Crippen LogP contribution in [-0.2, 0) is 21.4 Å². The Morgan fingerprint density at radius 1 is 1.18 bits per heavy atom. The monoisotopic (exact) mass is 408 g/mol. The molecule has 1 aromatic carbocycles. The number of nitrogens with zero attached hydrogens (tertiary/aromatic N) is 2. The molecular weight excluding hydrogens is 384 g/mol. The lowest BCUT2D eigenvalue weighted by atomic mass is 10.0. The highest BCUT2D eigenvalue weighted by Crippen LogP contribution is 2.25. The molecule has 1 amide bonds. The van der Waals surface area contributed by atoms with Crippen molar-refractivity contribution in [1.29, 1.82) is 0 Å². The number of rotatable bonds is 6. The summed E-state index contributed by atoms with van der Waals surface area (Å²) in [7, 11) is -0.740. The highest BCUT2D eigenvalue weighted by Gasteiger charge is 2.36. The van der Waals surface area contributed by atoms with Crippen LogP contribution in [0.2, 0.25) is 0 Å². The van der Waals surface area contributed by atoms with Gasteiger partial charge in [0.1, 0.15) is 24.8 Å². The van der Waals surface area contributed by atoms with E-state index in [-0.39, 0.29) is 29.9 Å². The molecule has 2 aromatic rings. The average molecular weight is 408 g/mol. The number of carbonyl (C=O) groups excluding carboxylic acids is 1. The largest absolute Gasteiger partial charge is 0.486 e. The predicted octanol–water partition coefficient (Wildman–Crippen LogP) is 2.32. The van der Waals surface area contributed by atoms with Crippen LogP contribution in [0.5, 0.6) is 5.75 Å². The molecular formula is C19H24N2O6S. The summed E-state index contributed by atoms with van der Waals surface area (Å²) in [6, 6.07) is 9.72. The Balaban J connectivity index is 1.63. The lowest BCUT2D eigenvalue weighted by Crippen LogP contribution is -2.44. The maximum Gasteiger partial charge on any atom is 0.275 e. The molecule has 9 heteroatoms. The fourth-order valence-corrected chi connectivity index (χ4v) is 3.54. The molecule has 0 unspecified atom stereocenters. The molecule has 1 aromatic heterocycles. The average Bonchev–Trinajstić information content (AvgIpc) is 3.26. The molecule has 0 radical (unpaired) electrons. The topological polar surface area (TPSA) is 89.3 Å². The Morgan fingerprint density at radius 2 is 1.86 bits per heavy atom. The Bertz CT molecular complexity index is 947. The second-order valence-electron chi connectivity index (χ2n) is 7.34. The third-order valence-electron chi connectivity index (χ3n) is 4.51. The van der Waals surface area contributed by atoms with Gasteiger partial charge < -0.3 is 18.8 Å². The zero-order chi connectivity index (χ0) is 20.5. The van der Waals surface area contributed by atoms with Crippen molar-refractivity contribution < 1.29 is 27.1 Å². The van der Waals surface area contributed by atoms with Crippen LogP contribution in [-0.4, -0.2) is 56.5 Å². The summed E-state index contributed by atoms with van der Waals surface area (Å²) in [4.78, 5) is 14.3. The van der Waals surface area contributed by atoms with Crippen LogP contribution in [0.4, 0.5) is 0 Å². The highest BCUT2D eigenvalue weighted by molar-refractivity contribution is 7.88. The Hall–Kier alpha value is -2.36. The molecule has 1 aliphatic heterocycles. The molecule has 152 valence electrons. The van der Waals surface area contributed by atoms with E-state index in [1.165, 1.54) is 20.2 Å². The molecule has 0 saturated carbocycles. The quantitative estimate of drug-likeness (QED) is 0.729. The molecule has 0 N–H and O–H groups in total. The van der Waals surface area contributed by atoms with Gasteiger partial charge in [-0.2, -0.15) is 0 Å². The summed E-state index contributed by atoms with van der Waals surface area (Å²) in [6.07, 6.45) is 0. The standard InChI is InChI=1S/C19H24N2O6S/c1-19(2)12-25-13-21(19)18(22)14-5-7-15(8-6-14)26-11-16-9-10-17(27-16)28(23,24)20(3)4/h5-10H,11-13H2,1-4H3. The zero-order valence-electron chi connectivity index (χ0n) is 16.3. The van der Waals surface area contributed by atoms with Crippen LogP contribution in [0, 0.1) is 0 Å². The number of ether oxygens (including phenoxy) is 2. The van der Waals surface area contributed by atoms with Crippen molar-refractivity contribution in [3.63, 3.8) is 0 Å². The van der Waals surface area contributed by atoms with Gasteiger partial charge in [0.25, 0.3) is 15.9 Å². The second kappa shape index (κ2) is 7.57. The maximum absolute atomic E-state index is 12.6. The Labute approximate surface area is 164 Å². The fraction of sp³-hybridized carbons (Fsp3) is 0.421. The van der Waals surface area contributed by atoms with Crippen molar-refractivity contribution in [2.24, 2.45) is 0 Å². The van der Waals surface area contributed by atoms with Gasteiger partial charge in [-0.25, -0.2) is 12.7 Å². The molecule has 1 saturated heterocycles. The summed E-state index contributed by atoms with van der Waals surface area (Å²) in [6.45, 7) is 4.78. The summed E-state index contributed by atoms with van der Waals surface area (Å²) in [5, 5.41) is -0.132. The van der Waals surface area contributed by atoms with Crippen LogP contribution in [0.25, 0.3) is 0 Å². The van der Waals surface area contributed by atoms with E-state index >= 15 is 0 Å². The van der Waals surface area contributed by atoms with E-state index in [0.717, 1.165) is 4.31 Å². The van der Waals surface area contributed by atoms with Gasteiger partial charge in [-0.1, -0.05) is 0 Å². The summed E-state index contributed by atoms with van der Waals surface area (Å²) in [5.74, 6) is 0.831. The number of hydrogen-bond donors (Lipinski definition) is 0. The van der Waals surface area contributed by atoms with E-state index in [1.54, 1.807) is 35.2 Å². The van der Waals surface area contributed by atoms with Gasteiger partial charge >= 0.3 is 0 Å². The number of carbonyl (C=O) groups is 1. The van der Waals surface area contributed by atoms with Crippen LogP contribution in [0.1, 0.15) is 30.0 Å². The van der Waals surface area contributed by atoms with Crippen molar-refractivity contribution >= 4 is 15.9 Å². The SMILES string of the molecule is CN(C)S(=O)(=O)c1ccc(COc2ccc(C(=O)N3COCC3(C)C)cc2)o1. The Kier molecular flexibility index (Phi) is 5.51. The van der Waals surface area contributed by atoms with Crippen LogP contribution < -0.4 is 4.74 Å². The molecule has 1 fully saturated rings. The van der Waals surface area contributed by atoms with Crippen molar-refractivity contribution in [1.82, 2.24) is 9.21 Å². The summed E-state index contributed by atoms with van der Waals surface area (Å²) < 4.78 is 41.5. The smallest absolute Gasteiger partial charge is 0.275 e. The molecule has 0 bridgehead atoms. The van der Waals surface area contributed by atoms with Crippen LogP contribution in [0.15, 0.2) is 45.9 Å². The molecule has 0 spiro atoms. The first-order chi connectivity index (χ1) is 13.1. The van der Waals surface area contributed by atoms with E-state index in [0.29, 0.717) is 23.7 Å². The van der Waals surface area contributed by atoms with E-state index in [2.05, 4.69) is 0 Å². The normalized spacial score (nSPS) is 16.5. The first-order valence-electron chi connectivity index (χ1n) is 8.75. The minimum atomic E-state index is -3.61. The number of amides is 1. The third kappa shape index (κ3) is 4.06. The lowest BCUT2D eigenvalue weighted by Gasteiger charge is -2.29. The van der Waals surface area contributed by atoms with Crippen molar-refractivity contribution in [2.45, 2.75) is 31.1 Å². The van der Waals surface area contributed by atoms with Gasteiger partial charge in [-0.15, -0.1) is 0 Å². The predicted molar refractivity (Wildman–Crippen MR) is 101 cm³/mol. The van der Waals surface area contributed by atoms with Gasteiger partial charge in [0.2, 0.25) is 5.09 Å². The van der Waals surface area contributed by atoms with E-state index in [9.17, 15) is 13.2 Å². The first-order valence-corrected chi connectivity index (χ1v) is 10.2. The van der Waals surface area contributed by atoms with E-state index in [4.69, 9.17) is 13.9 Å². The Morgan fingerprint density at radius 3 is 2.43 bits per heavy atom. The number of sulfonamides is 1. The molecule has 3 rings (SSSR count). The van der Waals surface area contributed by atoms with E-state index in [1.807, 2.05) is 13.8 Å². The van der Waals surface area contributed by atoms with Gasteiger partial charge in [-0.05, 0) is 50.2 Å². The molecule has 2 heterocycles. The van der Waals surface area contributed by atoms with Gasteiger partial charge in [-0.3, -0.25) is 4.79 Å². The second-order valence-corrected chi connectivity index (χ2v) is 9.43. The highest BCUT2D eigenvalue weighted by atomic mass is 32.2. The van der Waals surface area contributed by atoms with Crippen molar-refractivity contribution in [3.8, 4) is 5.75 Å². The van der Waals surface area contributed by atoms with Gasteiger partial charge in [0.15, 0.2) is 0 Å². The van der Waals surface area contributed by atoms with Gasteiger partial charge in [0.05, 0.1) is 12.1 Å². The number of benzene rings is 1. The third-order valence-corrected chi connectivity index (χ3v) is 6.20. The number of furan rings is 1. The maximum atomic E-state index is 12.6. The van der Waals surface area contributed by atoms with E-state index < -0.39 is 10.0 Å². The van der Waals surface area contributed by atoms with Crippen molar-refractivity contribution in [2.75, 3.05) is 27.4 Å². The zero-order valence-corrected chi connectivity index (χ0v) is 17.2. The fourth-order valence-electron chi connectivity index (χ4n) is 2.73. The summed E-state index contributed by atoms with van der Waals surface area (Å²) >= 11 is 0. The first kappa shape index (κ1) is 20.4. The molecule has 0 aliphatic carbocycles. The van der Waals surface area contributed by atoms with Crippen LogP contribution >= 0.6 is 0 Å². The minimum Gasteiger partial charge on any atom is -0.486 e. The molecule has 1 aliphatic rings. The molecule has 28 heavy (non-hydrogen) atoms. The molecule has 8 nitrogen and oxygen atoms in total. The van der Waals surface area contributed by atoms with Crippen molar-refractivity contribution in [3.05, 3.63) is 47.7 Å². The summed E-state index contributed by atoms with van der Waals surface area (Å²) in [5.41, 5.74) is 0.208. The number of hydrogen-bond acceptors (Lipinski definition) is 6. The minimum absolute atomic E-state index is 0.0727. The molecule has 0 atom stereocenters. The lowest BCUT2D eigenvalue weighted by molar-refractivity contribution is 0.0605.